The monoisotopic (exact) mass is 279 g/mol. The maximum absolute atomic E-state index is 12.3. The van der Waals surface area contributed by atoms with Gasteiger partial charge in [-0.2, -0.15) is 5.26 Å². The van der Waals surface area contributed by atoms with Gasteiger partial charge >= 0.3 is 0 Å². The maximum Gasteiger partial charge on any atom is 0.228 e. The maximum atomic E-state index is 12.3. The summed E-state index contributed by atoms with van der Waals surface area (Å²) in [6.45, 7) is 0. The fourth-order valence-corrected chi connectivity index (χ4v) is 2.14. The van der Waals surface area contributed by atoms with Crippen LogP contribution in [-0.2, 0) is 4.79 Å². The second kappa shape index (κ2) is 6.69. The first-order valence-corrected chi connectivity index (χ1v) is 6.69. The molecule has 4 nitrogen and oxygen atoms in total. The van der Waals surface area contributed by atoms with E-state index in [9.17, 15) is 4.79 Å². The van der Waals surface area contributed by atoms with Gasteiger partial charge in [0.05, 0.1) is 11.3 Å². The molecular formula is C17H17N3O. The fourth-order valence-electron chi connectivity index (χ4n) is 2.14. The Balaban J connectivity index is 2.12. The molecule has 0 saturated heterocycles. The SMILES string of the molecule is CN(C(=O)CC(N)c1ccccc1)c1ccccc1C#N. The van der Waals surface area contributed by atoms with Crippen LogP contribution in [-0.4, -0.2) is 13.0 Å². The smallest absolute Gasteiger partial charge is 0.228 e. The van der Waals surface area contributed by atoms with Crippen LogP contribution in [0.2, 0.25) is 0 Å². The van der Waals surface area contributed by atoms with E-state index in [1.807, 2.05) is 30.3 Å². The number of carbonyl (C=O) groups excluding carboxylic acids is 1. The molecule has 4 heteroatoms. The van der Waals surface area contributed by atoms with Gasteiger partial charge in [0.1, 0.15) is 6.07 Å². The van der Waals surface area contributed by atoms with Crippen LogP contribution in [0.3, 0.4) is 0 Å². The van der Waals surface area contributed by atoms with Crippen LogP contribution in [0.5, 0.6) is 0 Å². The van der Waals surface area contributed by atoms with Crippen LogP contribution < -0.4 is 10.6 Å². The van der Waals surface area contributed by atoms with Gasteiger partial charge in [-0.05, 0) is 17.7 Å². The van der Waals surface area contributed by atoms with Crippen molar-refractivity contribution in [2.24, 2.45) is 5.73 Å². The highest BCUT2D eigenvalue weighted by atomic mass is 16.2. The average Bonchev–Trinajstić information content (AvgIpc) is 2.54. The van der Waals surface area contributed by atoms with Gasteiger partial charge in [-0.25, -0.2) is 0 Å². The molecule has 0 heterocycles. The topological polar surface area (TPSA) is 70.1 Å². The van der Waals surface area contributed by atoms with E-state index >= 15 is 0 Å². The van der Waals surface area contributed by atoms with Crippen molar-refractivity contribution in [3.8, 4) is 6.07 Å². The second-order valence-corrected chi connectivity index (χ2v) is 4.80. The van der Waals surface area contributed by atoms with Crippen molar-refractivity contribution in [3.63, 3.8) is 0 Å². The Labute approximate surface area is 124 Å². The Morgan fingerprint density at radius 1 is 1.19 bits per heavy atom. The lowest BCUT2D eigenvalue weighted by Gasteiger charge is -2.20. The van der Waals surface area contributed by atoms with E-state index in [2.05, 4.69) is 6.07 Å². The molecule has 2 aromatic carbocycles. The molecule has 2 aromatic rings. The largest absolute Gasteiger partial charge is 0.324 e. The lowest BCUT2D eigenvalue weighted by Crippen LogP contribution is -2.30. The predicted octanol–water partition coefficient (Wildman–Crippen LogP) is 2.61. The predicted molar refractivity (Wildman–Crippen MR) is 82.6 cm³/mol. The Hall–Kier alpha value is -2.64. The molecule has 0 aliphatic heterocycles. The van der Waals surface area contributed by atoms with Gasteiger partial charge in [-0.1, -0.05) is 42.5 Å². The Bertz CT molecular complexity index is 661. The number of rotatable bonds is 4. The van der Waals surface area contributed by atoms with Crippen LogP contribution >= 0.6 is 0 Å². The van der Waals surface area contributed by atoms with Crippen LogP contribution in [0.15, 0.2) is 54.6 Å². The van der Waals surface area contributed by atoms with Gasteiger partial charge in [0.2, 0.25) is 5.91 Å². The number of nitriles is 1. The molecule has 1 atom stereocenters. The zero-order chi connectivity index (χ0) is 15.2. The van der Waals surface area contributed by atoms with Crippen LogP contribution in [0.4, 0.5) is 5.69 Å². The first kappa shape index (κ1) is 14.8. The third kappa shape index (κ3) is 3.47. The molecule has 2 rings (SSSR count). The highest BCUT2D eigenvalue weighted by Crippen LogP contribution is 2.21. The quantitative estimate of drug-likeness (QED) is 0.935. The van der Waals surface area contributed by atoms with Crippen molar-refractivity contribution in [1.82, 2.24) is 0 Å². The normalized spacial score (nSPS) is 11.5. The molecule has 21 heavy (non-hydrogen) atoms. The number of nitrogens with zero attached hydrogens (tertiary/aromatic N) is 2. The number of hydrogen-bond donors (Lipinski definition) is 1. The molecule has 0 spiro atoms. The molecule has 1 amide bonds. The van der Waals surface area contributed by atoms with Crippen molar-refractivity contribution < 1.29 is 4.79 Å². The Morgan fingerprint density at radius 3 is 2.48 bits per heavy atom. The van der Waals surface area contributed by atoms with Gasteiger partial charge in [-0.15, -0.1) is 0 Å². The number of carbonyl (C=O) groups is 1. The Morgan fingerprint density at radius 2 is 1.81 bits per heavy atom. The molecule has 106 valence electrons. The van der Waals surface area contributed by atoms with Crippen molar-refractivity contribution in [2.75, 3.05) is 11.9 Å². The van der Waals surface area contributed by atoms with E-state index in [4.69, 9.17) is 11.0 Å². The zero-order valence-corrected chi connectivity index (χ0v) is 11.9. The first-order valence-electron chi connectivity index (χ1n) is 6.69. The number of anilines is 1. The van der Waals surface area contributed by atoms with Gasteiger partial charge in [0.25, 0.3) is 0 Å². The molecule has 0 bridgehead atoms. The standard InChI is InChI=1S/C17H17N3O/c1-20(16-10-6-5-9-14(16)12-18)17(21)11-15(19)13-7-3-2-4-8-13/h2-10,15H,11,19H2,1H3. The molecule has 0 fully saturated rings. The van der Waals surface area contributed by atoms with Gasteiger partial charge in [0.15, 0.2) is 0 Å². The van der Waals surface area contributed by atoms with Crippen molar-refractivity contribution >= 4 is 11.6 Å². The summed E-state index contributed by atoms with van der Waals surface area (Å²) in [6, 6.07) is 18.3. The summed E-state index contributed by atoms with van der Waals surface area (Å²) in [5.41, 5.74) is 8.07. The number of benzene rings is 2. The zero-order valence-electron chi connectivity index (χ0n) is 11.9. The summed E-state index contributed by atoms with van der Waals surface area (Å²) >= 11 is 0. The molecule has 0 saturated carbocycles. The second-order valence-electron chi connectivity index (χ2n) is 4.80. The number of amides is 1. The van der Waals surface area contributed by atoms with Crippen LogP contribution in [0.25, 0.3) is 0 Å². The summed E-state index contributed by atoms with van der Waals surface area (Å²) < 4.78 is 0. The van der Waals surface area contributed by atoms with Crippen LogP contribution in [0, 0.1) is 11.3 Å². The highest BCUT2D eigenvalue weighted by molar-refractivity contribution is 5.94. The summed E-state index contributed by atoms with van der Waals surface area (Å²) in [5, 5.41) is 9.10. The molecule has 0 aromatic heterocycles. The van der Waals surface area contributed by atoms with Gasteiger partial charge in [0, 0.05) is 19.5 Å². The summed E-state index contributed by atoms with van der Waals surface area (Å²) in [7, 11) is 1.66. The minimum atomic E-state index is -0.351. The third-order valence-electron chi connectivity index (χ3n) is 3.38. The molecule has 0 aliphatic rings. The van der Waals surface area contributed by atoms with E-state index in [-0.39, 0.29) is 18.4 Å². The van der Waals surface area contributed by atoms with Crippen LogP contribution in [0.1, 0.15) is 23.6 Å². The average molecular weight is 279 g/mol. The Kier molecular flexibility index (Phi) is 4.70. The highest BCUT2D eigenvalue weighted by Gasteiger charge is 2.18. The third-order valence-corrected chi connectivity index (χ3v) is 3.38. The van der Waals surface area contributed by atoms with Gasteiger partial charge in [-0.3, -0.25) is 4.79 Å². The molecule has 0 radical (unpaired) electrons. The number of para-hydroxylation sites is 1. The minimum absolute atomic E-state index is 0.117. The molecule has 2 N–H and O–H groups in total. The molecular weight excluding hydrogens is 262 g/mol. The lowest BCUT2D eigenvalue weighted by molar-refractivity contribution is -0.118. The number of nitrogens with two attached hydrogens (primary N) is 1. The van der Waals surface area contributed by atoms with Crippen molar-refractivity contribution in [1.29, 1.82) is 5.26 Å². The summed E-state index contributed by atoms with van der Waals surface area (Å²) in [5.74, 6) is -0.117. The van der Waals surface area contributed by atoms with E-state index in [0.29, 0.717) is 11.3 Å². The van der Waals surface area contributed by atoms with E-state index in [1.54, 1.807) is 31.3 Å². The molecule has 1 unspecified atom stereocenters. The van der Waals surface area contributed by atoms with Crippen molar-refractivity contribution in [2.45, 2.75) is 12.5 Å². The first-order chi connectivity index (χ1) is 10.1. The number of hydrogen-bond acceptors (Lipinski definition) is 3. The van der Waals surface area contributed by atoms with E-state index in [0.717, 1.165) is 5.56 Å². The van der Waals surface area contributed by atoms with E-state index in [1.165, 1.54) is 4.90 Å². The lowest BCUT2D eigenvalue weighted by atomic mass is 10.0. The van der Waals surface area contributed by atoms with Crippen molar-refractivity contribution in [3.05, 3.63) is 65.7 Å². The van der Waals surface area contributed by atoms with E-state index < -0.39 is 0 Å². The minimum Gasteiger partial charge on any atom is -0.324 e. The van der Waals surface area contributed by atoms with Gasteiger partial charge < -0.3 is 10.6 Å². The summed E-state index contributed by atoms with van der Waals surface area (Å²) in [4.78, 5) is 13.8. The fraction of sp³-hybridized carbons (Fsp3) is 0.176. The summed E-state index contributed by atoms with van der Waals surface area (Å²) in [6.07, 6.45) is 0.195. The molecule has 0 aliphatic carbocycles.